The van der Waals surface area contributed by atoms with E-state index in [9.17, 15) is 4.39 Å². The Balaban J connectivity index is 0.000000490. The largest absolute Gasteiger partial charge is 0.313 e. The lowest BCUT2D eigenvalue weighted by molar-refractivity contribution is 0.298. The summed E-state index contributed by atoms with van der Waals surface area (Å²) in [6, 6.07) is 0. The number of hydrogen-bond acceptors (Lipinski definition) is 1. The lowest BCUT2D eigenvalue weighted by Crippen LogP contribution is -2.08. The van der Waals surface area contributed by atoms with Gasteiger partial charge in [0.2, 0.25) is 0 Å². The molecule has 1 rings (SSSR count). The van der Waals surface area contributed by atoms with Gasteiger partial charge in [-0.05, 0) is 0 Å². The summed E-state index contributed by atoms with van der Waals surface area (Å²) in [7, 11) is 0. The van der Waals surface area contributed by atoms with E-state index in [0.29, 0.717) is 6.54 Å². The van der Waals surface area contributed by atoms with Crippen molar-refractivity contribution in [1.29, 1.82) is 0 Å². The van der Waals surface area contributed by atoms with Gasteiger partial charge in [0.05, 0.1) is 0 Å². The zero-order valence-corrected chi connectivity index (χ0v) is 5.67. The van der Waals surface area contributed by atoms with Crippen LogP contribution in [0.3, 0.4) is 0 Å². The Morgan fingerprint density at radius 2 is 2.12 bits per heavy atom. The molecular formula is C5H11ClFN. The van der Waals surface area contributed by atoms with E-state index in [1.165, 1.54) is 0 Å². The summed E-state index contributed by atoms with van der Waals surface area (Å²) in [5.74, 6) is 0.236. The standard InChI is InChI=1S/C5H10FN.ClH/c1-4-2-7-3-5(4)6;/h4-5,7H,2-3H2,1H3;1H. The van der Waals surface area contributed by atoms with Crippen molar-refractivity contribution in [2.24, 2.45) is 5.92 Å². The van der Waals surface area contributed by atoms with Crippen molar-refractivity contribution in [3.63, 3.8) is 0 Å². The lowest BCUT2D eigenvalue weighted by atomic mass is 10.1. The summed E-state index contributed by atoms with van der Waals surface area (Å²) in [5.41, 5.74) is 0. The molecule has 0 saturated carbocycles. The highest BCUT2D eigenvalue weighted by Gasteiger charge is 2.21. The third-order valence-corrected chi connectivity index (χ3v) is 1.42. The predicted octanol–water partition coefficient (Wildman–Crippen LogP) is 0.986. The van der Waals surface area contributed by atoms with Crippen LogP contribution in [0.4, 0.5) is 4.39 Å². The number of alkyl halides is 1. The first-order valence-corrected chi connectivity index (χ1v) is 2.65. The Bertz CT molecular complexity index is 61.4. The molecule has 2 unspecified atom stereocenters. The summed E-state index contributed by atoms with van der Waals surface area (Å²) in [6.45, 7) is 3.33. The topological polar surface area (TPSA) is 12.0 Å². The van der Waals surface area contributed by atoms with Crippen LogP contribution in [0.1, 0.15) is 6.92 Å². The van der Waals surface area contributed by atoms with Crippen molar-refractivity contribution < 1.29 is 4.39 Å². The molecule has 50 valence electrons. The van der Waals surface area contributed by atoms with Crippen molar-refractivity contribution >= 4 is 12.4 Å². The molecule has 0 aromatic carbocycles. The Hall–Kier alpha value is 0.180. The minimum atomic E-state index is -0.597. The highest BCUT2D eigenvalue weighted by molar-refractivity contribution is 5.85. The monoisotopic (exact) mass is 139 g/mol. The second-order valence-electron chi connectivity index (χ2n) is 2.15. The molecule has 0 radical (unpaired) electrons. The number of halogens is 2. The van der Waals surface area contributed by atoms with Gasteiger partial charge in [-0.3, -0.25) is 0 Å². The summed E-state index contributed by atoms with van der Waals surface area (Å²) >= 11 is 0. The molecule has 1 fully saturated rings. The molecule has 0 aromatic rings. The normalized spacial score (nSPS) is 36.8. The quantitative estimate of drug-likeness (QED) is 0.528. The van der Waals surface area contributed by atoms with E-state index < -0.39 is 6.17 Å². The molecule has 1 N–H and O–H groups in total. The Labute approximate surface area is 55.1 Å². The smallest absolute Gasteiger partial charge is 0.116 e. The number of rotatable bonds is 0. The fraction of sp³-hybridized carbons (Fsp3) is 1.00. The third kappa shape index (κ3) is 1.60. The van der Waals surface area contributed by atoms with Gasteiger partial charge >= 0.3 is 0 Å². The Morgan fingerprint density at radius 1 is 1.50 bits per heavy atom. The second kappa shape index (κ2) is 3.25. The molecule has 1 heterocycles. The van der Waals surface area contributed by atoms with Crippen molar-refractivity contribution in [2.45, 2.75) is 13.1 Å². The molecule has 0 bridgehead atoms. The third-order valence-electron chi connectivity index (χ3n) is 1.42. The zero-order valence-electron chi connectivity index (χ0n) is 4.86. The van der Waals surface area contributed by atoms with Crippen LogP contribution in [-0.2, 0) is 0 Å². The minimum absolute atomic E-state index is 0. The number of hydrogen-bond donors (Lipinski definition) is 1. The first kappa shape index (κ1) is 8.18. The van der Waals surface area contributed by atoms with Crippen molar-refractivity contribution in [3.8, 4) is 0 Å². The average Bonchev–Trinajstić information content (AvgIpc) is 1.91. The predicted molar refractivity (Wildman–Crippen MR) is 34.2 cm³/mol. The summed E-state index contributed by atoms with van der Waals surface area (Å²) in [5, 5.41) is 2.95. The van der Waals surface area contributed by atoms with Crippen LogP contribution in [0.25, 0.3) is 0 Å². The van der Waals surface area contributed by atoms with Gasteiger partial charge < -0.3 is 5.32 Å². The van der Waals surface area contributed by atoms with Crippen LogP contribution in [0.15, 0.2) is 0 Å². The van der Waals surface area contributed by atoms with E-state index in [1.807, 2.05) is 6.92 Å². The van der Waals surface area contributed by atoms with E-state index in [2.05, 4.69) is 5.32 Å². The van der Waals surface area contributed by atoms with Crippen molar-refractivity contribution in [2.75, 3.05) is 13.1 Å². The fourth-order valence-corrected chi connectivity index (χ4v) is 0.778. The molecule has 1 aliphatic heterocycles. The SMILES string of the molecule is CC1CNCC1F.Cl. The molecule has 8 heavy (non-hydrogen) atoms. The van der Waals surface area contributed by atoms with Gasteiger partial charge in [0.15, 0.2) is 0 Å². The average molecular weight is 140 g/mol. The van der Waals surface area contributed by atoms with Gasteiger partial charge in [-0.2, -0.15) is 0 Å². The first-order valence-electron chi connectivity index (χ1n) is 2.65. The van der Waals surface area contributed by atoms with Crippen LogP contribution >= 0.6 is 12.4 Å². The van der Waals surface area contributed by atoms with Crippen LogP contribution in [0.2, 0.25) is 0 Å². The summed E-state index contributed by atoms with van der Waals surface area (Å²) in [6.07, 6.45) is -0.597. The van der Waals surface area contributed by atoms with Gasteiger partial charge in [0.25, 0.3) is 0 Å². The number of nitrogens with one attached hydrogen (secondary N) is 1. The van der Waals surface area contributed by atoms with Gasteiger partial charge in [0, 0.05) is 19.0 Å². The highest BCUT2D eigenvalue weighted by atomic mass is 35.5. The second-order valence-corrected chi connectivity index (χ2v) is 2.15. The van der Waals surface area contributed by atoms with E-state index in [4.69, 9.17) is 0 Å². The highest BCUT2D eigenvalue weighted by Crippen LogP contribution is 2.09. The maximum atomic E-state index is 12.3. The Morgan fingerprint density at radius 3 is 2.25 bits per heavy atom. The summed E-state index contributed by atoms with van der Waals surface area (Å²) < 4.78 is 12.3. The molecule has 0 spiro atoms. The van der Waals surface area contributed by atoms with E-state index in [-0.39, 0.29) is 18.3 Å². The van der Waals surface area contributed by atoms with Crippen LogP contribution in [0, 0.1) is 5.92 Å². The van der Waals surface area contributed by atoms with Crippen molar-refractivity contribution in [3.05, 3.63) is 0 Å². The van der Waals surface area contributed by atoms with Gasteiger partial charge in [0.1, 0.15) is 6.17 Å². The maximum Gasteiger partial charge on any atom is 0.116 e. The lowest BCUT2D eigenvalue weighted by Gasteiger charge is -1.99. The van der Waals surface area contributed by atoms with Crippen LogP contribution < -0.4 is 5.32 Å². The molecule has 0 aliphatic carbocycles. The molecule has 2 atom stereocenters. The minimum Gasteiger partial charge on any atom is -0.313 e. The molecule has 0 amide bonds. The zero-order chi connectivity index (χ0) is 5.28. The Kier molecular flexibility index (Phi) is 3.33. The van der Waals surface area contributed by atoms with Gasteiger partial charge in [-0.25, -0.2) is 4.39 Å². The van der Waals surface area contributed by atoms with Crippen LogP contribution in [-0.4, -0.2) is 19.3 Å². The summed E-state index contributed by atoms with van der Waals surface area (Å²) in [4.78, 5) is 0. The van der Waals surface area contributed by atoms with Gasteiger partial charge in [-0.1, -0.05) is 6.92 Å². The first-order chi connectivity index (χ1) is 3.30. The van der Waals surface area contributed by atoms with E-state index in [0.717, 1.165) is 6.54 Å². The molecule has 1 saturated heterocycles. The van der Waals surface area contributed by atoms with E-state index in [1.54, 1.807) is 0 Å². The molecule has 3 heteroatoms. The van der Waals surface area contributed by atoms with Gasteiger partial charge in [-0.15, -0.1) is 12.4 Å². The van der Waals surface area contributed by atoms with Crippen molar-refractivity contribution in [1.82, 2.24) is 5.32 Å². The molecule has 0 aromatic heterocycles. The fourth-order valence-electron chi connectivity index (χ4n) is 0.778. The van der Waals surface area contributed by atoms with E-state index >= 15 is 0 Å². The maximum absolute atomic E-state index is 12.3. The van der Waals surface area contributed by atoms with Crippen LogP contribution in [0.5, 0.6) is 0 Å². The molecule has 1 aliphatic rings. The molecular weight excluding hydrogens is 129 g/mol. The molecule has 1 nitrogen and oxygen atoms in total.